The van der Waals surface area contributed by atoms with Gasteiger partial charge in [0.1, 0.15) is 23.9 Å². The number of ether oxygens (including phenoxy) is 2. The van der Waals surface area contributed by atoms with E-state index in [2.05, 4.69) is 26.1 Å². The fourth-order valence-electron chi connectivity index (χ4n) is 3.37. The van der Waals surface area contributed by atoms with Crippen molar-refractivity contribution >= 4 is 17.6 Å². The van der Waals surface area contributed by atoms with Crippen LogP contribution in [0.5, 0.6) is 11.5 Å². The lowest BCUT2D eigenvalue weighted by molar-refractivity contribution is -0.117. The van der Waals surface area contributed by atoms with Gasteiger partial charge in [-0.2, -0.15) is 5.10 Å². The van der Waals surface area contributed by atoms with E-state index in [0.717, 1.165) is 5.69 Å². The van der Waals surface area contributed by atoms with Crippen molar-refractivity contribution in [3.05, 3.63) is 35.5 Å². The molecule has 0 atom stereocenters. The van der Waals surface area contributed by atoms with E-state index in [-0.39, 0.29) is 29.3 Å². The normalized spacial score (nSPS) is 11.8. The van der Waals surface area contributed by atoms with Crippen LogP contribution in [-0.2, 0) is 15.7 Å². The first-order valence-corrected chi connectivity index (χ1v) is 11.2. The van der Waals surface area contributed by atoms with Crippen LogP contribution in [0.15, 0.2) is 24.3 Å². The van der Waals surface area contributed by atoms with E-state index in [9.17, 15) is 9.59 Å². The number of carbonyl (C=O) groups excluding carboxylic acids is 2. The molecule has 2 amide bonds. The van der Waals surface area contributed by atoms with E-state index in [0.29, 0.717) is 35.8 Å². The molecule has 1 aromatic heterocycles. The lowest BCUT2D eigenvalue weighted by atomic mass is 9.92. The number of methoxy groups -OCH3 is 2. The second-order valence-electron chi connectivity index (χ2n) is 10.1. The van der Waals surface area contributed by atoms with Crippen molar-refractivity contribution in [2.75, 3.05) is 32.6 Å². The van der Waals surface area contributed by atoms with Crippen molar-refractivity contribution < 1.29 is 19.1 Å². The smallest absolute Gasteiger partial charge is 0.258 e. The van der Waals surface area contributed by atoms with Crippen LogP contribution < -0.4 is 14.8 Å². The van der Waals surface area contributed by atoms with Crippen LogP contribution in [-0.4, -0.2) is 53.8 Å². The molecular formula is C25H38N4O4. The van der Waals surface area contributed by atoms with Gasteiger partial charge in [0.25, 0.3) is 5.91 Å². The van der Waals surface area contributed by atoms with Crippen molar-refractivity contribution in [1.29, 1.82) is 0 Å². The topological polar surface area (TPSA) is 85.7 Å². The highest BCUT2D eigenvalue weighted by Gasteiger charge is 2.27. The minimum atomic E-state index is -0.318. The van der Waals surface area contributed by atoms with Gasteiger partial charge in [-0.05, 0) is 39.3 Å². The molecule has 1 aromatic carbocycles. The zero-order valence-electron chi connectivity index (χ0n) is 21.4. The number of nitrogens with one attached hydrogen (secondary N) is 1. The Balaban J connectivity index is 2.28. The summed E-state index contributed by atoms with van der Waals surface area (Å²) in [7, 11) is 3.06. The summed E-state index contributed by atoms with van der Waals surface area (Å²) in [6, 6.07) is 6.93. The molecule has 0 aliphatic rings. The fourth-order valence-corrected chi connectivity index (χ4v) is 3.37. The van der Waals surface area contributed by atoms with Gasteiger partial charge in [-0.1, -0.05) is 27.7 Å². The minimum absolute atomic E-state index is 0.0813. The van der Waals surface area contributed by atoms with Gasteiger partial charge in [-0.3, -0.25) is 9.59 Å². The molecule has 0 saturated heterocycles. The Hall–Kier alpha value is -3.03. The standard InChI is InChI=1S/C25H38N4O4/c1-10-13-28(23(31)18-12-11-17(32-8)14-19(18)33-9)16-22(30)26-21-15-20(24(2,3)4)27-29(21)25(5,6)7/h11-12,14-15H,10,13,16H2,1-9H3,(H,26,30). The number of anilines is 1. The molecule has 2 aromatic rings. The third kappa shape index (κ3) is 6.49. The minimum Gasteiger partial charge on any atom is -0.497 e. The van der Waals surface area contributed by atoms with E-state index >= 15 is 0 Å². The van der Waals surface area contributed by atoms with Gasteiger partial charge >= 0.3 is 0 Å². The van der Waals surface area contributed by atoms with E-state index < -0.39 is 0 Å². The molecule has 1 N–H and O–H groups in total. The number of nitrogens with zero attached hydrogens (tertiary/aromatic N) is 3. The Bertz CT molecular complexity index is 983. The van der Waals surface area contributed by atoms with Gasteiger partial charge in [0.05, 0.1) is 31.0 Å². The zero-order chi connectivity index (χ0) is 25.0. The summed E-state index contributed by atoms with van der Waals surface area (Å²) < 4.78 is 12.4. The summed E-state index contributed by atoms with van der Waals surface area (Å²) >= 11 is 0. The predicted molar refractivity (Wildman–Crippen MR) is 130 cm³/mol. The van der Waals surface area contributed by atoms with Crippen LogP contribution in [0.2, 0.25) is 0 Å². The molecule has 33 heavy (non-hydrogen) atoms. The molecule has 0 fully saturated rings. The van der Waals surface area contributed by atoms with E-state index in [1.54, 1.807) is 25.3 Å². The quantitative estimate of drug-likeness (QED) is 0.632. The maximum atomic E-state index is 13.3. The maximum absolute atomic E-state index is 13.3. The molecule has 0 bridgehead atoms. The van der Waals surface area contributed by atoms with Crippen molar-refractivity contribution in [3.8, 4) is 11.5 Å². The SMILES string of the molecule is CCCN(CC(=O)Nc1cc(C(C)(C)C)nn1C(C)(C)C)C(=O)c1ccc(OC)cc1OC. The summed E-state index contributed by atoms with van der Waals surface area (Å²) in [5, 5.41) is 7.70. The number of benzene rings is 1. The molecular weight excluding hydrogens is 420 g/mol. The number of hydrogen-bond donors (Lipinski definition) is 1. The summed E-state index contributed by atoms with van der Waals surface area (Å²) in [5.41, 5.74) is 0.790. The molecule has 0 unspecified atom stereocenters. The highest BCUT2D eigenvalue weighted by atomic mass is 16.5. The maximum Gasteiger partial charge on any atom is 0.258 e. The third-order valence-electron chi connectivity index (χ3n) is 5.13. The molecule has 0 aliphatic heterocycles. The van der Waals surface area contributed by atoms with Crippen LogP contribution in [0.25, 0.3) is 0 Å². The molecule has 8 heteroatoms. The van der Waals surface area contributed by atoms with Gasteiger partial charge in [0.15, 0.2) is 0 Å². The summed E-state index contributed by atoms with van der Waals surface area (Å²) in [6.45, 7) is 14.7. The Morgan fingerprint density at radius 1 is 1.06 bits per heavy atom. The second kappa shape index (κ2) is 10.3. The van der Waals surface area contributed by atoms with Gasteiger partial charge in [0, 0.05) is 24.1 Å². The second-order valence-corrected chi connectivity index (χ2v) is 10.1. The average molecular weight is 459 g/mol. The van der Waals surface area contributed by atoms with Gasteiger partial charge in [0.2, 0.25) is 5.91 Å². The predicted octanol–water partition coefficient (Wildman–Crippen LogP) is 4.44. The highest BCUT2D eigenvalue weighted by Crippen LogP contribution is 2.29. The first kappa shape index (κ1) is 26.2. The van der Waals surface area contributed by atoms with Gasteiger partial charge in [-0.15, -0.1) is 0 Å². The molecule has 1 heterocycles. The Morgan fingerprint density at radius 3 is 2.24 bits per heavy atom. The first-order valence-electron chi connectivity index (χ1n) is 11.2. The monoisotopic (exact) mass is 458 g/mol. The molecule has 0 saturated carbocycles. The Morgan fingerprint density at radius 2 is 1.73 bits per heavy atom. The number of carbonyl (C=O) groups is 2. The summed E-state index contributed by atoms with van der Waals surface area (Å²) in [5.74, 6) is 1.06. The van der Waals surface area contributed by atoms with Crippen LogP contribution in [0.3, 0.4) is 0 Å². The van der Waals surface area contributed by atoms with Crippen LogP contribution in [0, 0.1) is 0 Å². The van der Waals surface area contributed by atoms with E-state index in [1.807, 2.05) is 38.4 Å². The highest BCUT2D eigenvalue weighted by molar-refractivity contribution is 6.01. The van der Waals surface area contributed by atoms with Crippen LogP contribution in [0.1, 0.15) is 70.9 Å². The van der Waals surface area contributed by atoms with Gasteiger partial charge < -0.3 is 19.7 Å². The summed E-state index contributed by atoms with van der Waals surface area (Å²) in [4.78, 5) is 27.8. The third-order valence-corrected chi connectivity index (χ3v) is 5.13. The fraction of sp³-hybridized carbons (Fsp3) is 0.560. The molecule has 182 valence electrons. The zero-order valence-corrected chi connectivity index (χ0v) is 21.4. The van der Waals surface area contributed by atoms with Crippen molar-refractivity contribution in [1.82, 2.24) is 14.7 Å². The number of amides is 2. The van der Waals surface area contributed by atoms with Crippen molar-refractivity contribution in [2.24, 2.45) is 0 Å². The molecule has 2 rings (SSSR count). The summed E-state index contributed by atoms with van der Waals surface area (Å²) in [6.07, 6.45) is 0.714. The van der Waals surface area contributed by atoms with Crippen LogP contribution in [0.4, 0.5) is 5.82 Å². The number of hydrogen-bond acceptors (Lipinski definition) is 5. The Kier molecular flexibility index (Phi) is 8.16. The molecule has 8 nitrogen and oxygen atoms in total. The lowest BCUT2D eigenvalue weighted by Gasteiger charge is -2.25. The van der Waals surface area contributed by atoms with Crippen LogP contribution >= 0.6 is 0 Å². The van der Waals surface area contributed by atoms with Crippen molar-refractivity contribution in [2.45, 2.75) is 65.8 Å². The molecule has 0 spiro atoms. The largest absolute Gasteiger partial charge is 0.497 e. The van der Waals surface area contributed by atoms with Gasteiger partial charge in [-0.25, -0.2) is 4.68 Å². The lowest BCUT2D eigenvalue weighted by Crippen LogP contribution is -2.39. The molecule has 0 aliphatic carbocycles. The average Bonchev–Trinajstić information content (AvgIpc) is 3.17. The number of aromatic nitrogens is 2. The van der Waals surface area contributed by atoms with E-state index in [4.69, 9.17) is 14.6 Å². The van der Waals surface area contributed by atoms with Crippen molar-refractivity contribution in [3.63, 3.8) is 0 Å². The first-order chi connectivity index (χ1) is 15.3. The number of rotatable bonds is 8. The van der Waals surface area contributed by atoms with E-state index in [1.165, 1.54) is 12.0 Å². The molecule has 0 radical (unpaired) electrons. The Labute approximate surface area is 197 Å².